The van der Waals surface area contributed by atoms with Gasteiger partial charge in [0, 0.05) is 52.8 Å². The number of carboxylic acid groups (broad SMARTS) is 2. The number of aliphatic carboxylic acids is 1. The number of rotatable bonds is 9. The highest BCUT2D eigenvalue weighted by atomic mass is 32.2. The van der Waals surface area contributed by atoms with Crippen LogP contribution >= 0.6 is 11.8 Å². The molecule has 1 aromatic heterocycles. The number of nitrogens with zero attached hydrogens (tertiary/aromatic N) is 4. The molecule has 3 aliphatic heterocycles. The molecule has 0 saturated carbocycles. The molecule has 6 atom stereocenters. The third kappa shape index (κ3) is 5.07. The highest BCUT2D eigenvalue weighted by Crippen LogP contribution is 2.52. The standard InChI is InChI=1S/C27H29N5O7S/c1-13-21-20(14(2)33)25(35)32(21)22(27(38)39)23(13)40-18-7-19(31(11-18)10-15-8-28-12-29-9-15)24(34)30-17-5-3-4-16(6-17)26(36)37/h3-6,8-9,12-14,18-21,33H,7,10-11H2,1-2H3,(H,30,34)(H,36,37)(H,38,39). The van der Waals surface area contributed by atoms with Gasteiger partial charge in [-0.25, -0.2) is 19.6 Å². The SMILES string of the molecule is CC(O)C1C(=O)N2C(C(=O)O)=C(SC3CC(C(=O)Nc4cccc(C(=O)O)c4)N(Cc4cncnc4)C3)C(C)C12. The van der Waals surface area contributed by atoms with E-state index in [-0.39, 0.29) is 28.3 Å². The van der Waals surface area contributed by atoms with Gasteiger partial charge < -0.3 is 25.5 Å². The second-order valence-electron chi connectivity index (χ2n) is 10.3. The summed E-state index contributed by atoms with van der Waals surface area (Å²) in [7, 11) is 0. The molecule has 2 aromatic rings. The molecular formula is C27H29N5O7S. The quantitative estimate of drug-likeness (QED) is 0.324. The van der Waals surface area contributed by atoms with Crippen LogP contribution in [-0.2, 0) is 20.9 Å². The first-order valence-electron chi connectivity index (χ1n) is 12.8. The molecular weight excluding hydrogens is 538 g/mol. The lowest BCUT2D eigenvalue weighted by atomic mass is 9.79. The number of β-lactam (4-membered cyclic amide) rings is 1. The van der Waals surface area contributed by atoms with E-state index in [1.165, 1.54) is 42.0 Å². The lowest BCUT2D eigenvalue weighted by Gasteiger charge is -2.46. The third-order valence-electron chi connectivity index (χ3n) is 7.65. The number of aliphatic hydroxyl groups is 1. The zero-order chi connectivity index (χ0) is 28.7. The Kier molecular flexibility index (Phi) is 7.62. The van der Waals surface area contributed by atoms with Crippen molar-refractivity contribution >= 4 is 41.2 Å². The minimum Gasteiger partial charge on any atom is -0.478 e. The summed E-state index contributed by atoms with van der Waals surface area (Å²) in [5.41, 5.74) is 1.16. The molecule has 6 unspecified atom stereocenters. The number of aromatic nitrogens is 2. The predicted molar refractivity (Wildman–Crippen MR) is 144 cm³/mol. The van der Waals surface area contributed by atoms with Gasteiger partial charge in [-0.05, 0) is 31.5 Å². The van der Waals surface area contributed by atoms with Gasteiger partial charge in [0.25, 0.3) is 0 Å². The number of anilines is 1. The number of hydrogen-bond donors (Lipinski definition) is 4. The summed E-state index contributed by atoms with van der Waals surface area (Å²) >= 11 is 1.36. The van der Waals surface area contributed by atoms with Crippen LogP contribution < -0.4 is 5.32 Å². The number of amides is 2. The molecule has 0 spiro atoms. The lowest BCUT2D eigenvalue weighted by Crippen LogP contribution is -2.63. The summed E-state index contributed by atoms with van der Waals surface area (Å²) in [6, 6.07) is 4.99. The smallest absolute Gasteiger partial charge is 0.353 e. The van der Waals surface area contributed by atoms with Crippen LogP contribution in [0.2, 0.25) is 0 Å². The van der Waals surface area contributed by atoms with Crippen molar-refractivity contribution in [2.75, 3.05) is 11.9 Å². The number of benzene rings is 1. The first kappa shape index (κ1) is 27.7. The Hall–Kier alpha value is -3.81. The van der Waals surface area contributed by atoms with E-state index < -0.39 is 42.0 Å². The van der Waals surface area contributed by atoms with Crippen LogP contribution in [0, 0.1) is 11.8 Å². The second kappa shape index (κ2) is 11.0. The number of likely N-dealkylation sites (tertiary alicyclic amines) is 1. The Bertz CT molecular complexity index is 1380. The Labute approximate surface area is 234 Å². The molecule has 40 heavy (non-hydrogen) atoms. The van der Waals surface area contributed by atoms with Gasteiger partial charge in [-0.2, -0.15) is 0 Å². The fourth-order valence-electron chi connectivity index (χ4n) is 5.85. The monoisotopic (exact) mass is 567 g/mol. The van der Waals surface area contributed by atoms with Gasteiger partial charge in [0.05, 0.1) is 29.7 Å². The first-order chi connectivity index (χ1) is 19.1. The van der Waals surface area contributed by atoms with Crippen molar-refractivity contribution in [3.05, 3.63) is 64.7 Å². The molecule has 0 radical (unpaired) electrons. The summed E-state index contributed by atoms with van der Waals surface area (Å²) in [6.45, 7) is 4.23. The zero-order valence-corrected chi connectivity index (χ0v) is 22.6. The van der Waals surface area contributed by atoms with Crippen molar-refractivity contribution < 1.29 is 34.5 Å². The van der Waals surface area contributed by atoms with Crippen LogP contribution in [-0.4, -0.2) is 88.8 Å². The summed E-state index contributed by atoms with van der Waals surface area (Å²) in [5.74, 6) is -3.94. The molecule has 0 bridgehead atoms. The highest BCUT2D eigenvalue weighted by Gasteiger charge is 2.60. The summed E-state index contributed by atoms with van der Waals surface area (Å²) < 4.78 is 0. The molecule has 2 amide bonds. The highest BCUT2D eigenvalue weighted by molar-refractivity contribution is 8.03. The van der Waals surface area contributed by atoms with Crippen molar-refractivity contribution in [2.45, 2.75) is 50.3 Å². The van der Waals surface area contributed by atoms with E-state index in [9.17, 15) is 34.5 Å². The third-order valence-corrected chi connectivity index (χ3v) is 9.14. The Morgan fingerprint density at radius 3 is 2.55 bits per heavy atom. The van der Waals surface area contributed by atoms with Gasteiger partial charge in [-0.1, -0.05) is 13.0 Å². The molecule has 0 aliphatic carbocycles. The van der Waals surface area contributed by atoms with Gasteiger partial charge >= 0.3 is 11.9 Å². The fraction of sp³-hybridized carbons (Fsp3) is 0.407. The average molecular weight is 568 g/mol. The topological polar surface area (TPSA) is 173 Å². The summed E-state index contributed by atoms with van der Waals surface area (Å²) in [4.78, 5) is 61.7. The number of carbonyl (C=O) groups excluding carboxylic acids is 2. The van der Waals surface area contributed by atoms with Crippen molar-refractivity contribution in [1.29, 1.82) is 0 Å². The Morgan fingerprint density at radius 1 is 1.18 bits per heavy atom. The zero-order valence-electron chi connectivity index (χ0n) is 21.8. The van der Waals surface area contributed by atoms with Crippen LogP contribution in [0.25, 0.3) is 0 Å². The van der Waals surface area contributed by atoms with Crippen LogP contribution in [0.15, 0.2) is 53.6 Å². The molecule has 3 aliphatic rings. The van der Waals surface area contributed by atoms with E-state index in [0.29, 0.717) is 30.1 Å². The second-order valence-corrected chi connectivity index (χ2v) is 11.7. The molecule has 4 N–H and O–H groups in total. The minimum absolute atomic E-state index is 0.0500. The number of hydrogen-bond acceptors (Lipinski definition) is 9. The maximum atomic E-state index is 13.5. The normalized spacial score (nSPS) is 26.8. The van der Waals surface area contributed by atoms with Gasteiger partial charge in [0.15, 0.2) is 0 Å². The van der Waals surface area contributed by atoms with E-state index in [1.54, 1.807) is 24.5 Å². The Morgan fingerprint density at radius 2 is 1.90 bits per heavy atom. The largest absolute Gasteiger partial charge is 0.478 e. The molecule has 210 valence electrons. The lowest BCUT2D eigenvalue weighted by molar-refractivity contribution is -0.163. The van der Waals surface area contributed by atoms with Gasteiger partial charge in [-0.3, -0.25) is 14.5 Å². The predicted octanol–water partition coefficient (Wildman–Crippen LogP) is 1.64. The molecule has 2 saturated heterocycles. The number of carboxylic acids is 2. The molecule has 1 aromatic carbocycles. The number of thioether (sulfide) groups is 1. The van der Waals surface area contributed by atoms with E-state index in [2.05, 4.69) is 15.3 Å². The van der Waals surface area contributed by atoms with Gasteiger partial charge in [-0.15, -0.1) is 11.8 Å². The number of nitrogens with one attached hydrogen (secondary N) is 1. The number of aliphatic hydroxyl groups excluding tert-OH is 1. The van der Waals surface area contributed by atoms with E-state index in [0.717, 1.165) is 5.56 Å². The number of aromatic carboxylic acids is 1. The van der Waals surface area contributed by atoms with E-state index >= 15 is 0 Å². The minimum atomic E-state index is -1.20. The van der Waals surface area contributed by atoms with Gasteiger partial charge in [0.2, 0.25) is 11.8 Å². The number of carbonyl (C=O) groups is 4. The first-order valence-corrected chi connectivity index (χ1v) is 13.7. The van der Waals surface area contributed by atoms with Crippen molar-refractivity contribution in [2.24, 2.45) is 11.8 Å². The van der Waals surface area contributed by atoms with E-state index in [4.69, 9.17) is 0 Å². The summed E-state index contributed by atoms with van der Waals surface area (Å²) in [6.07, 6.45) is 4.24. The van der Waals surface area contributed by atoms with Gasteiger partial charge in [0.1, 0.15) is 12.0 Å². The van der Waals surface area contributed by atoms with E-state index in [1.807, 2.05) is 11.8 Å². The average Bonchev–Trinajstić information content (AvgIpc) is 3.41. The molecule has 12 nitrogen and oxygen atoms in total. The molecule has 5 rings (SSSR count). The Balaban J connectivity index is 1.38. The molecule has 13 heteroatoms. The molecule has 2 fully saturated rings. The van der Waals surface area contributed by atoms with Crippen LogP contribution in [0.3, 0.4) is 0 Å². The molecule has 4 heterocycles. The maximum Gasteiger partial charge on any atom is 0.353 e. The maximum absolute atomic E-state index is 13.5. The van der Waals surface area contributed by atoms with Crippen molar-refractivity contribution in [3.63, 3.8) is 0 Å². The van der Waals surface area contributed by atoms with Crippen LogP contribution in [0.5, 0.6) is 0 Å². The fourth-order valence-corrected chi connectivity index (χ4v) is 7.41. The summed E-state index contributed by atoms with van der Waals surface area (Å²) in [5, 5.41) is 32.1. The van der Waals surface area contributed by atoms with Crippen molar-refractivity contribution in [1.82, 2.24) is 19.8 Å². The number of fused-ring (bicyclic) bond motifs is 1. The van der Waals surface area contributed by atoms with Crippen LogP contribution in [0.1, 0.15) is 36.2 Å². The van der Waals surface area contributed by atoms with Crippen molar-refractivity contribution in [3.8, 4) is 0 Å². The van der Waals surface area contributed by atoms with Crippen LogP contribution in [0.4, 0.5) is 5.69 Å².